The number of amides is 1. The summed E-state index contributed by atoms with van der Waals surface area (Å²) in [5, 5.41) is 2.78. The van der Waals surface area contributed by atoms with Gasteiger partial charge in [0.2, 0.25) is 0 Å². The van der Waals surface area contributed by atoms with Gasteiger partial charge in [-0.15, -0.1) is 0 Å². The Morgan fingerprint density at radius 3 is 2.60 bits per heavy atom. The van der Waals surface area contributed by atoms with Gasteiger partial charge < -0.3 is 5.32 Å². The van der Waals surface area contributed by atoms with Crippen molar-refractivity contribution in [2.75, 3.05) is 5.32 Å². The van der Waals surface area contributed by atoms with Gasteiger partial charge in [0.1, 0.15) is 5.69 Å². The molecule has 0 aliphatic rings. The fourth-order valence-corrected chi connectivity index (χ4v) is 2.99. The number of para-hydroxylation sites is 1. The minimum Gasteiger partial charge on any atom is -0.320 e. The van der Waals surface area contributed by atoms with E-state index in [2.05, 4.69) is 10.3 Å². The van der Waals surface area contributed by atoms with E-state index in [0.29, 0.717) is 5.69 Å². The van der Waals surface area contributed by atoms with E-state index in [1.807, 2.05) is 0 Å². The van der Waals surface area contributed by atoms with Gasteiger partial charge in [-0.1, -0.05) is 35.3 Å². The molecule has 0 spiro atoms. The molecule has 1 amide bonds. The average molecular weight is 388 g/mol. The molecule has 130 valence electrons. The molecule has 2 heterocycles. The van der Waals surface area contributed by atoms with Gasteiger partial charge >= 0.3 is 6.18 Å². The monoisotopic (exact) mass is 387 g/mol. The van der Waals surface area contributed by atoms with E-state index in [0.717, 1.165) is 6.07 Å². The minimum atomic E-state index is -4.59. The van der Waals surface area contributed by atoms with Gasteiger partial charge in [0.05, 0.1) is 27.0 Å². The van der Waals surface area contributed by atoms with Crippen LogP contribution in [0, 0.1) is 6.92 Å². The lowest BCUT2D eigenvalue weighted by atomic mass is 10.1. The molecule has 0 aliphatic heterocycles. The van der Waals surface area contributed by atoms with Gasteiger partial charge in [-0.3, -0.25) is 9.20 Å². The predicted molar refractivity (Wildman–Crippen MR) is 89.3 cm³/mol. The lowest BCUT2D eigenvalue weighted by Gasteiger charge is -2.13. The zero-order valence-electron chi connectivity index (χ0n) is 12.7. The Bertz CT molecular complexity index is 983. The molecule has 1 N–H and O–H groups in total. The first kappa shape index (κ1) is 17.6. The van der Waals surface area contributed by atoms with Crippen molar-refractivity contribution in [2.45, 2.75) is 13.1 Å². The van der Waals surface area contributed by atoms with Gasteiger partial charge in [-0.2, -0.15) is 13.2 Å². The zero-order chi connectivity index (χ0) is 18.4. The van der Waals surface area contributed by atoms with Crippen LogP contribution in [0.5, 0.6) is 0 Å². The largest absolute Gasteiger partial charge is 0.418 e. The second-order valence-corrected chi connectivity index (χ2v) is 6.09. The summed E-state index contributed by atoms with van der Waals surface area (Å²) in [4.78, 5) is 16.8. The van der Waals surface area contributed by atoms with E-state index >= 15 is 0 Å². The second-order valence-electron chi connectivity index (χ2n) is 5.24. The summed E-state index contributed by atoms with van der Waals surface area (Å²) in [6.07, 6.45) is -3.17. The van der Waals surface area contributed by atoms with Gasteiger partial charge in [0.15, 0.2) is 5.65 Å². The van der Waals surface area contributed by atoms with E-state index in [1.54, 1.807) is 6.92 Å². The van der Waals surface area contributed by atoms with E-state index in [9.17, 15) is 18.0 Å². The molecule has 3 aromatic rings. The molecular formula is C16H10Cl2F3N3O. The van der Waals surface area contributed by atoms with Crippen LogP contribution in [-0.2, 0) is 6.18 Å². The third kappa shape index (κ3) is 3.29. The molecule has 0 aliphatic carbocycles. The molecule has 25 heavy (non-hydrogen) atoms. The standard InChI is InChI=1S/C16H10Cl2F3N3O/c1-8-13(24-7-9(17)6-11(18)14(24)22-8)15(25)23-12-5-3-2-4-10(12)16(19,20)21/h2-7H,1H3,(H,23,25). The first-order valence-electron chi connectivity index (χ1n) is 7.00. The third-order valence-electron chi connectivity index (χ3n) is 3.51. The van der Waals surface area contributed by atoms with Gasteiger partial charge in [-0.05, 0) is 25.1 Å². The Morgan fingerprint density at radius 2 is 1.92 bits per heavy atom. The number of rotatable bonds is 2. The summed E-state index contributed by atoms with van der Waals surface area (Å²) >= 11 is 12.0. The molecule has 0 atom stereocenters. The van der Waals surface area contributed by atoms with E-state index in [1.165, 1.54) is 34.9 Å². The zero-order valence-corrected chi connectivity index (χ0v) is 14.2. The number of carbonyl (C=O) groups is 1. The first-order chi connectivity index (χ1) is 11.7. The summed E-state index contributed by atoms with van der Waals surface area (Å²) in [6.45, 7) is 1.56. The van der Waals surface area contributed by atoms with Crippen LogP contribution in [0.2, 0.25) is 10.0 Å². The minimum absolute atomic E-state index is 0.0522. The van der Waals surface area contributed by atoms with Crippen LogP contribution >= 0.6 is 23.2 Å². The van der Waals surface area contributed by atoms with Crippen molar-refractivity contribution in [1.82, 2.24) is 9.38 Å². The van der Waals surface area contributed by atoms with Crippen molar-refractivity contribution in [3.8, 4) is 0 Å². The number of halogens is 5. The number of hydrogen-bond acceptors (Lipinski definition) is 2. The Morgan fingerprint density at radius 1 is 1.24 bits per heavy atom. The normalized spacial score (nSPS) is 11.8. The number of pyridine rings is 1. The van der Waals surface area contributed by atoms with Crippen molar-refractivity contribution in [2.24, 2.45) is 0 Å². The van der Waals surface area contributed by atoms with Gasteiger partial charge in [0.25, 0.3) is 5.91 Å². The van der Waals surface area contributed by atoms with Crippen LogP contribution in [0.3, 0.4) is 0 Å². The maximum absolute atomic E-state index is 13.1. The summed E-state index contributed by atoms with van der Waals surface area (Å²) in [6, 6.07) is 6.19. The van der Waals surface area contributed by atoms with Gasteiger partial charge in [0, 0.05) is 6.20 Å². The van der Waals surface area contributed by atoms with Crippen LogP contribution in [0.15, 0.2) is 36.5 Å². The highest BCUT2D eigenvalue weighted by molar-refractivity contribution is 6.36. The van der Waals surface area contributed by atoms with Crippen LogP contribution in [0.25, 0.3) is 5.65 Å². The van der Waals surface area contributed by atoms with Crippen molar-refractivity contribution in [3.05, 3.63) is 63.5 Å². The van der Waals surface area contributed by atoms with Crippen molar-refractivity contribution >= 4 is 40.4 Å². The Hall–Kier alpha value is -2.25. The lowest BCUT2D eigenvalue weighted by Crippen LogP contribution is -2.19. The van der Waals surface area contributed by atoms with Crippen molar-refractivity contribution in [3.63, 3.8) is 0 Å². The summed E-state index contributed by atoms with van der Waals surface area (Å²) in [5.74, 6) is -0.750. The fourth-order valence-electron chi connectivity index (χ4n) is 2.48. The lowest BCUT2D eigenvalue weighted by molar-refractivity contribution is -0.136. The molecule has 0 saturated heterocycles. The highest BCUT2D eigenvalue weighted by Gasteiger charge is 2.34. The number of nitrogens with zero attached hydrogens (tertiary/aromatic N) is 2. The predicted octanol–water partition coefficient (Wildman–Crippen LogP) is 5.22. The molecule has 4 nitrogen and oxygen atoms in total. The second kappa shape index (κ2) is 6.24. The number of hydrogen-bond donors (Lipinski definition) is 1. The molecule has 0 saturated carbocycles. The molecule has 0 fully saturated rings. The highest BCUT2D eigenvalue weighted by atomic mass is 35.5. The smallest absolute Gasteiger partial charge is 0.320 e. The number of alkyl halides is 3. The Balaban J connectivity index is 2.07. The van der Waals surface area contributed by atoms with Crippen molar-refractivity contribution in [1.29, 1.82) is 0 Å². The first-order valence-corrected chi connectivity index (χ1v) is 7.75. The summed E-state index contributed by atoms with van der Waals surface area (Å²) < 4.78 is 40.6. The number of aromatic nitrogens is 2. The van der Waals surface area contributed by atoms with Crippen LogP contribution in [-0.4, -0.2) is 15.3 Å². The maximum atomic E-state index is 13.1. The number of benzene rings is 1. The third-order valence-corrected chi connectivity index (χ3v) is 4.00. The van der Waals surface area contributed by atoms with Crippen LogP contribution in [0.1, 0.15) is 21.7 Å². The highest BCUT2D eigenvalue weighted by Crippen LogP contribution is 2.35. The number of aryl methyl sites for hydroxylation is 1. The molecule has 0 radical (unpaired) electrons. The SMILES string of the molecule is Cc1nc2c(Cl)cc(Cl)cn2c1C(=O)Nc1ccccc1C(F)(F)F. The number of carbonyl (C=O) groups excluding carboxylic acids is 1. The number of imidazole rings is 1. The molecule has 0 bridgehead atoms. The number of fused-ring (bicyclic) bond motifs is 1. The molecular weight excluding hydrogens is 378 g/mol. The van der Waals surface area contributed by atoms with E-state index in [-0.39, 0.29) is 27.1 Å². The molecule has 0 unspecified atom stereocenters. The molecule has 3 rings (SSSR count). The molecule has 1 aromatic carbocycles. The van der Waals surface area contributed by atoms with Gasteiger partial charge in [-0.25, -0.2) is 4.98 Å². The maximum Gasteiger partial charge on any atom is 0.418 e. The molecule has 9 heteroatoms. The van der Waals surface area contributed by atoms with E-state index in [4.69, 9.17) is 23.2 Å². The summed E-state index contributed by atoms with van der Waals surface area (Å²) in [7, 11) is 0. The molecule has 2 aromatic heterocycles. The van der Waals surface area contributed by atoms with Crippen molar-refractivity contribution < 1.29 is 18.0 Å². The number of nitrogens with one attached hydrogen (secondary N) is 1. The average Bonchev–Trinajstić information content (AvgIpc) is 2.83. The Labute approximate surface area is 150 Å². The topological polar surface area (TPSA) is 46.4 Å². The Kier molecular flexibility index (Phi) is 4.38. The summed E-state index contributed by atoms with van der Waals surface area (Å²) in [5.41, 5.74) is -0.631. The van der Waals surface area contributed by atoms with Crippen LogP contribution < -0.4 is 5.32 Å². The number of anilines is 1. The fraction of sp³-hybridized carbons (Fsp3) is 0.125. The van der Waals surface area contributed by atoms with Crippen LogP contribution in [0.4, 0.5) is 18.9 Å². The quantitative estimate of drug-likeness (QED) is 0.654. The van der Waals surface area contributed by atoms with E-state index < -0.39 is 17.6 Å².